The van der Waals surface area contributed by atoms with Gasteiger partial charge in [0.1, 0.15) is 17.5 Å². The van der Waals surface area contributed by atoms with Crippen molar-refractivity contribution < 1.29 is 17.9 Å². The number of pyridine rings is 2. The van der Waals surface area contributed by atoms with Gasteiger partial charge in [-0.3, -0.25) is 14.8 Å². The zero-order chi connectivity index (χ0) is 28.8. The highest BCUT2D eigenvalue weighted by Gasteiger charge is 2.32. The van der Waals surface area contributed by atoms with E-state index in [1.807, 2.05) is 11.9 Å². The molecule has 3 aromatic heterocycles. The van der Waals surface area contributed by atoms with Crippen molar-refractivity contribution >= 4 is 34.1 Å². The fraction of sp³-hybridized carbons (Fsp3) is 0.0769. The van der Waals surface area contributed by atoms with Crippen molar-refractivity contribution in [1.82, 2.24) is 24.7 Å². The summed E-state index contributed by atoms with van der Waals surface area (Å²) in [6.45, 7) is 1.81. The third kappa shape index (κ3) is 5.12. The van der Waals surface area contributed by atoms with E-state index >= 15 is 0 Å². The van der Waals surface area contributed by atoms with E-state index in [1.54, 1.807) is 30.3 Å². The highest BCUT2D eigenvalue weighted by Crippen LogP contribution is 2.39. The Labute approximate surface area is 232 Å². The summed E-state index contributed by atoms with van der Waals surface area (Å²) in [7, 11) is 0. The van der Waals surface area contributed by atoms with Crippen LogP contribution in [-0.4, -0.2) is 24.7 Å². The number of nitriles is 1. The summed E-state index contributed by atoms with van der Waals surface area (Å²) in [6, 6.07) is 13.1. The number of alkyl halides is 3. The van der Waals surface area contributed by atoms with Crippen LogP contribution in [0, 0.1) is 18.3 Å². The van der Waals surface area contributed by atoms with E-state index in [0.717, 1.165) is 22.5 Å². The fourth-order valence-electron chi connectivity index (χ4n) is 3.83. The summed E-state index contributed by atoms with van der Waals surface area (Å²) >= 11 is 12.8. The van der Waals surface area contributed by atoms with Gasteiger partial charge in [-0.05, 0) is 61.0 Å². The van der Waals surface area contributed by atoms with Crippen LogP contribution < -0.4 is 16.0 Å². The number of aryl methyl sites for hydroxylation is 1. The normalized spacial score (nSPS) is 11.4. The maximum Gasteiger partial charge on any atom is 0.433 e. The quantitative estimate of drug-likeness (QED) is 0.281. The third-order valence-corrected chi connectivity index (χ3v) is 6.28. The topological polar surface area (TPSA) is 127 Å². The number of aromatic amines is 1. The lowest BCUT2D eigenvalue weighted by molar-refractivity contribution is -0.141. The van der Waals surface area contributed by atoms with Gasteiger partial charge < -0.3 is 4.74 Å². The molecule has 0 spiro atoms. The first-order chi connectivity index (χ1) is 18.9. The van der Waals surface area contributed by atoms with Crippen LogP contribution in [0.15, 0.2) is 64.3 Å². The molecule has 0 saturated heterocycles. The van der Waals surface area contributed by atoms with Crippen LogP contribution in [-0.2, 0) is 6.18 Å². The van der Waals surface area contributed by atoms with E-state index in [0.29, 0.717) is 27.9 Å². The molecule has 5 aromatic rings. The Morgan fingerprint density at radius 2 is 1.77 bits per heavy atom. The van der Waals surface area contributed by atoms with Gasteiger partial charge in [0.2, 0.25) is 5.69 Å². The minimum Gasteiger partial charge on any atom is -0.454 e. The summed E-state index contributed by atoms with van der Waals surface area (Å²) in [5, 5.41) is 13.5. The molecule has 200 valence electrons. The molecule has 0 aliphatic heterocycles. The van der Waals surface area contributed by atoms with E-state index in [1.165, 1.54) is 18.2 Å². The van der Waals surface area contributed by atoms with E-state index in [9.17, 15) is 22.8 Å². The van der Waals surface area contributed by atoms with Gasteiger partial charge in [-0.2, -0.15) is 23.1 Å². The van der Waals surface area contributed by atoms with Crippen LogP contribution >= 0.6 is 23.2 Å². The minimum atomic E-state index is -4.54. The number of nitrogens with zero attached hydrogens (tertiary/aromatic N) is 5. The molecular weight excluding hydrogens is 572 g/mol. The summed E-state index contributed by atoms with van der Waals surface area (Å²) < 4.78 is 45.2. The number of halogens is 5. The number of benzene rings is 2. The molecule has 0 amide bonds. The first-order valence-electron chi connectivity index (χ1n) is 11.2. The molecule has 0 fully saturated rings. The maximum atomic E-state index is 12.8. The first-order valence-corrected chi connectivity index (χ1v) is 12.0. The maximum absolute atomic E-state index is 12.8. The van der Waals surface area contributed by atoms with Gasteiger partial charge in [-0.15, -0.1) is 5.10 Å². The van der Waals surface area contributed by atoms with Crippen molar-refractivity contribution in [3.8, 4) is 34.5 Å². The molecule has 0 aliphatic carbocycles. The van der Waals surface area contributed by atoms with Crippen LogP contribution in [0.25, 0.3) is 27.8 Å². The van der Waals surface area contributed by atoms with Gasteiger partial charge in [0, 0.05) is 17.1 Å². The van der Waals surface area contributed by atoms with Crippen molar-refractivity contribution in [1.29, 1.82) is 5.26 Å². The Morgan fingerprint density at radius 3 is 2.40 bits per heavy atom. The Hall–Kier alpha value is -4.73. The summed E-state index contributed by atoms with van der Waals surface area (Å²) in [4.78, 5) is 33.8. The van der Waals surface area contributed by atoms with Crippen molar-refractivity contribution in [3.63, 3.8) is 0 Å². The molecular formula is C26H13Cl2F3N6O3. The van der Waals surface area contributed by atoms with Gasteiger partial charge in [-0.1, -0.05) is 23.2 Å². The number of rotatable bonds is 4. The fourth-order valence-corrected chi connectivity index (χ4v) is 4.38. The number of fused-ring (bicyclic) bond motifs is 1. The van der Waals surface area contributed by atoms with Crippen LogP contribution in [0.1, 0.15) is 17.0 Å². The number of aromatic nitrogens is 5. The molecule has 0 radical (unpaired) electrons. The molecule has 0 bridgehead atoms. The number of H-pyrrole nitrogens is 1. The van der Waals surface area contributed by atoms with Gasteiger partial charge in [0.25, 0.3) is 5.56 Å². The Balaban J connectivity index is 1.46. The molecule has 0 atom stereocenters. The molecule has 1 N–H and O–H groups in total. The molecule has 0 unspecified atom stereocenters. The molecule has 40 heavy (non-hydrogen) atoms. The predicted molar refractivity (Wildman–Crippen MR) is 140 cm³/mol. The van der Waals surface area contributed by atoms with Crippen molar-refractivity contribution in [2.24, 2.45) is 0 Å². The second-order valence-corrected chi connectivity index (χ2v) is 9.22. The molecule has 3 heterocycles. The molecule has 9 nitrogen and oxygen atoms in total. The van der Waals surface area contributed by atoms with Crippen LogP contribution in [0.3, 0.4) is 0 Å². The summed E-state index contributed by atoms with van der Waals surface area (Å²) in [5.74, 6) is 0.423. The summed E-state index contributed by atoms with van der Waals surface area (Å²) in [5.41, 5.74) is -1.04. The summed E-state index contributed by atoms with van der Waals surface area (Å²) in [6.07, 6.45) is -3.41. The largest absolute Gasteiger partial charge is 0.454 e. The number of hydrogen-bond donors (Lipinski definition) is 1. The van der Waals surface area contributed by atoms with Crippen molar-refractivity contribution in [2.45, 2.75) is 13.1 Å². The van der Waals surface area contributed by atoms with E-state index in [2.05, 4.69) is 15.1 Å². The zero-order valence-corrected chi connectivity index (χ0v) is 21.6. The predicted octanol–water partition coefficient (Wildman–Crippen LogP) is 5.83. The van der Waals surface area contributed by atoms with E-state index < -0.39 is 28.8 Å². The SMILES string of the molecule is Cc1cc(-c2ccc(C(F)(F)F)nc2)nc2ccc(Oc3c(Cl)cc(-n4nc(C#N)c(=O)[nH]c4=O)cc3Cl)cc12. The van der Waals surface area contributed by atoms with Gasteiger partial charge >= 0.3 is 11.9 Å². The van der Waals surface area contributed by atoms with E-state index in [4.69, 9.17) is 33.2 Å². The number of ether oxygens (including phenoxy) is 1. The van der Waals surface area contributed by atoms with Crippen molar-refractivity contribution in [2.75, 3.05) is 0 Å². The van der Waals surface area contributed by atoms with Gasteiger partial charge in [0.05, 0.1) is 26.9 Å². The Kier molecular flexibility index (Phi) is 6.79. The van der Waals surface area contributed by atoms with Crippen LogP contribution in [0.2, 0.25) is 10.0 Å². The molecule has 0 aliphatic rings. The highest BCUT2D eigenvalue weighted by molar-refractivity contribution is 6.37. The second kappa shape index (κ2) is 10.1. The molecule has 2 aromatic carbocycles. The average Bonchev–Trinajstić information content (AvgIpc) is 2.90. The monoisotopic (exact) mass is 584 g/mol. The highest BCUT2D eigenvalue weighted by atomic mass is 35.5. The molecule has 14 heteroatoms. The smallest absolute Gasteiger partial charge is 0.433 e. The Morgan fingerprint density at radius 1 is 1.05 bits per heavy atom. The number of hydrogen-bond acceptors (Lipinski definition) is 7. The van der Waals surface area contributed by atoms with Crippen molar-refractivity contribution in [3.05, 3.63) is 103 Å². The lowest BCUT2D eigenvalue weighted by Crippen LogP contribution is -2.33. The molecule has 5 rings (SSSR count). The van der Waals surface area contributed by atoms with Gasteiger partial charge in [0.15, 0.2) is 5.75 Å². The van der Waals surface area contributed by atoms with Crippen LogP contribution in [0.4, 0.5) is 13.2 Å². The first kappa shape index (κ1) is 26.9. The van der Waals surface area contributed by atoms with E-state index in [-0.39, 0.29) is 21.5 Å². The second-order valence-electron chi connectivity index (χ2n) is 8.41. The standard InChI is InChI=1S/C26H13Cl2F3N6O3/c1-12-6-20(13-2-5-22(33-11-13)26(29,30)31)34-19-4-3-15(9-16(12)19)40-23-17(27)7-14(8-18(23)28)37-25(39)35-24(38)21(10-32)36-37/h2-9,11H,1H3,(H,35,38,39). The van der Waals surface area contributed by atoms with Crippen LogP contribution in [0.5, 0.6) is 11.5 Å². The lowest BCUT2D eigenvalue weighted by atomic mass is 10.1. The Bertz CT molecular complexity index is 1940. The number of nitrogens with one attached hydrogen (secondary N) is 1. The third-order valence-electron chi connectivity index (χ3n) is 5.72. The zero-order valence-electron chi connectivity index (χ0n) is 20.0. The average molecular weight is 585 g/mol. The lowest BCUT2D eigenvalue weighted by Gasteiger charge is -2.13. The molecule has 0 saturated carbocycles. The minimum absolute atomic E-state index is 0.0148. The van der Waals surface area contributed by atoms with Gasteiger partial charge in [-0.25, -0.2) is 9.78 Å².